The number of carboxylic acid groups (broad SMARTS) is 1. The average Bonchev–Trinajstić information content (AvgIpc) is 3.08. The Balaban J connectivity index is 1.75. The molecule has 0 bridgehead atoms. The molecule has 1 fully saturated rings. The zero-order chi connectivity index (χ0) is 19.6. The maximum absolute atomic E-state index is 12.5. The number of nitrogens with zero attached hydrogens (tertiary/aromatic N) is 2. The summed E-state index contributed by atoms with van der Waals surface area (Å²) in [5.41, 5.74) is 2.13. The maximum atomic E-state index is 12.5. The lowest BCUT2D eigenvalue weighted by atomic mass is 9.95. The third-order valence-corrected chi connectivity index (χ3v) is 4.95. The number of likely N-dealkylation sites (tertiary alicyclic amines) is 1. The number of aromatic carboxylic acids is 1. The Bertz CT molecular complexity index is 855. The molecule has 2 aromatic rings. The predicted octanol–water partition coefficient (Wildman–Crippen LogP) is 3.88. The minimum absolute atomic E-state index is 0.196. The SMILES string of the molecule is CC(C)(C)C(=O)N1CC[C@@H](Cc2cccc(-c3ccccc3C(=O)O)n2)C1. The molecule has 1 amide bonds. The van der Waals surface area contributed by atoms with Gasteiger partial charge in [-0.3, -0.25) is 9.78 Å². The molecular weight excluding hydrogens is 340 g/mol. The Labute approximate surface area is 160 Å². The minimum atomic E-state index is -0.954. The van der Waals surface area contributed by atoms with Crippen LogP contribution in [0.4, 0.5) is 0 Å². The van der Waals surface area contributed by atoms with Crippen LogP contribution in [-0.4, -0.2) is 40.0 Å². The molecule has 0 aliphatic carbocycles. The summed E-state index contributed by atoms with van der Waals surface area (Å²) in [6.45, 7) is 7.41. The van der Waals surface area contributed by atoms with E-state index in [0.717, 1.165) is 31.6 Å². The molecule has 0 spiro atoms. The van der Waals surface area contributed by atoms with Crippen LogP contribution in [0, 0.1) is 11.3 Å². The highest BCUT2D eigenvalue weighted by atomic mass is 16.4. The second-order valence-corrected chi connectivity index (χ2v) is 8.22. The molecule has 2 heterocycles. The van der Waals surface area contributed by atoms with Crippen LogP contribution >= 0.6 is 0 Å². The van der Waals surface area contributed by atoms with Gasteiger partial charge in [0.2, 0.25) is 5.91 Å². The van der Waals surface area contributed by atoms with E-state index in [1.54, 1.807) is 18.2 Å². The normalized spacial score (nSPS) is 17.1. The van der Waals surface area contributed by atoms with Crippen molar-refractivity contribution < 1.29 is 14.7 Å². The first-order chi connectivity index (χ1) is 12.8. The highest BCUT2D eigenvalue weighted by Crippen LogP contribution is 2.27. The van der Waals surface area contributed by atoms with E-state index >= 15 is 0 Å². The predicted molar refractivity (Wildman–Crippen MR) is 104 cm³/mol. The number of carboxylic acids is 1. The Morgan fingerprint density at radius 2 is 1.89 bits per heavy atom. The second kappa shape index (κ2) is 7.51. The van der Waals surface area contributed by atoms with Crippen LogP contribution in [-0.2, 0) is 11.2 Å². The van der Waals surface area contributed by atoms with Gasteiger partial charge in [0, 0.05) is 29.8 Å². The van der Waals surface area contributed by atoms with Gasteiger partial charge in [-0.25, -0.2) is 4.79 Å². The molecule has 1 atom stereocenters. The molecule has 142 valence electrons. The van der Waals surface area contributed by atoms with Crippen LogP contribution < -0.4 is 0 Å². The number of rotatable bonds is 4. The molecule has 1 aliphatic heterocycles. The van der Waals surface area contributed by atoms with E-state index < -0.39 is 5.97 Å². The molecule has 27 heavy (non-hydrogen) atoms. The van der Waals surface area contributed by atoms with Crippen molar-refractivity contribution in [3.63, 3.8) is 0 Å². The first-order valence-electron chi connectivity index (χ1n) is 9.33. The Kier molecular flexibility index (Phi) is 5.31. The lowest BCUT2D eigenvalue weighted by molar-refractivity contribution is -0.138. The summed E-state index contributed by atoms with van der Waals surface area (Å²) in [6, 6.07) is 12.7. The van der Waals surface area contributed by atoms with Gasteiger partial charge in [0.1, 0.15) is 0 Å². The highest BCUT2D eigenvalue weighted by Gasteiger charge is 2.32. The number of benzene rings is 1. The van der Waals surface area contributed by atoms with Gasteiger partial charge in [0.05, 0.1) is 11.3 Å². The highest BCUT2D eigenvalue weighted by molar-refractivity contribution is 5.95. The number of aromatic nitrogens is 1. The fourth-order valence-corrected chi connectivity index (χ4v) is 3.59. The van der Waals surface area contributed by atoms with E-state index in [4.69, 9.17) is 4.98 Å². The van der Waals surface area contributed by atoms with Gasteiger partial charge in [-0.1, -0.05) is 45.0 Å². The van der Waals surface area contributed by atoms with Crippen LogP contribution in [0.15, 0.2) is 42.5 Å². The number of amides is 1. The number of carbonyl (C=O) groups is 2. The van der Waals surface area contributed by atoms with Crippen molar-refractivity contribution in [3.8, 4) is 11.3 Å². The van der Waals surface area contributed by atoms with Gasteiger partial charge < -0.3 is 10.0 Å². The Hall–Kier alpha value is -2.69. The van der Waals surface area contributed by atoms with Crippen LogP contribution in [0.2, 0.25) is 0 Å². The van der Waals surface area contributed by atoms with Gasteiger partial charge in [-0.15, -0.1) is 0 Å². The fourth-order valence-electron chi connectivity index (χ4n) is 3.59. The smallest absolute Gasteiger partial charge is 0.336 e. The lowest BCUT2D eigenvalue weighted by Gasteiger charge is -2.25. The van der Waals surface area contributed by atoms with Crippen LogP contribution in [0.1, 0.15) is 43.2 Å². The molecule has 1 N–H and O–H groups in total. The van der Waals surface area contributed by atoms with Gasteiger partial charge in [0.25, 0.3) is 0 Å². The summed E-state index contributed by atoms with van der Waals surface area (Å²) in [4.78, 5) is 30.6. The molecular formula is C22H26N2O3. The third kappa shape index (κ3) is 4.35. The lowest BCUT2D eigenvalue weighted by Crippen LogP contribution is -2.38. The number of carbonyl (C=O) groups excluding carboxylic acids is 1. The van der Waals surface area contributed by atoms with Crippen molar-refractivity contribution in [3.05, 3.63) is 53.7 Å². The minimum Gasteiger partial charge on any atom is -0.478 e. The van der Waals surface area contributed by atoms with E-state index in [9.17, 15) is 14.7 Å². The molecule has 1 aromatic heterocycles. The van der Waals surface area contributed by atoms with Crippen molar-refractivity contribution in [2.24, 2.45) is 11.3 Å². The third-order valence-electron chi connectivity index (χ3n) is 4.95. The summed E-state index contributed by atoms with van der Waals surface area (Å²) < 4.78 is 0. The number of hydrogen-bond acceptors (Lipinski definition) is 3. The zero-order valence-electron chi connectivity index (χ0n) is 16.1. The van der Waals surface area contributed by atoms with E-state index in [1.807, 2.05) is 49.9 Å². The molecule has 3 rings (SSSR count). The summed E-state index contributed by atoms with van der Waals surface area (Å²) in [5, 5.41) is 9.41. The number of pyridine rings is 1. The van der Waals surface area contributed by atoms with Gasteiger partial charge in [-0.2, -0.15) is 0 Å². The summed E-state index contributed by atoms with van der Waals surface area (Å²) in [7, 11) is 0. The first-order valence-corrected chi connectivity index (χ1v) is 9.33. The van der Waals surface area contributed by atoms with Crippen molar-refractivity contribution in [2.45, 2.75) is 33.6 Å². The molecule has 0 saturated carbocycles. The quantitative estimate of drug-likeness (QED) is 0.891. The van der Waals surface area contributed by atoms with Gasteiger partial charge in [0.15, 0.2) is 0 Å². The second-order valence-electron chi connectivity index (χ2n) is 8.22. The van der Waals surface area contributed by atoms with Gasteiger partial charge >= 0.3 is 5.97 Å². The van der Waals surface area contributed by atoms with Crippen LogP contribution in [0.3, 0.4) is 0 Å². The zero-order valence-corrected chi connectivity index (χ0v) is 16.1. The molecule has 5 heteroatoms. The largest absolute Gasteiger partial charge is 0.478 e. The molecule has 5 nitrogen and oxygen atoms in total. The first kappa shape index (κ1) is 19.1. The van der Waals surface area contributed by atoms with Crippen molar-refractivity contribution in [2.75, 3.05) is 13.1 Å². The summed E-state index contributed by atoms with van der Waals surface area (Å²) in [5.74, 6) is -0.374. The molecule has 1 aromatic carbocycles. The van der Waals surface area contributed by atoms with Gasteiger partial charge in [-0.05, 0) is 37.0 Å². The van der Waals surface area contributed by atoms with Crippen molar-refractivity contribution in [1.82, 2.24) is 9.88 Å². The van der Waals surface area contributed by atoms with E-state index in [2.05, 4.69) is 0 Å². The topological polar surface area (TPSA) is 70.5 Å². The monoisotopic (exact) mass is 366 g/mol. The summed E-state index contributed by atoms with van der Waals surface area (Å²) >= 11 is 0. The average molecular weight is 366 g/mol. The molecule has 0 unspecified atom stereocenters. The van der Waals surface area contributed by atoms with Crippen molar-refractivity contribution >= 4 is 11.9 Å². The van der Waals surface area contributed by atoms with E-state index in [-0.39, 0.29) is 16.9 Å². The summed E-state index contributed by atoms with van der Waals surface area (Å²) in [6.07, 6.45) is 1.76. The molecule has 1 aliphatic rings. The number of hydrogen-bond donors (Lipinski definition) is 1. The molecule has 1 saturated heterocycles. The Morgan fingerprint density at radius 1 is 1.15 bits per heavy atom. The van der Waals surface area contributed by atoms with Crippen LogP contribution in [0.5, 0.6) is 0 Å². The Morgan fingerprint density at radius 3 is 2.59 bits per heavy atom. The molecule has 0 radical (unpaired) electrons. The maximum Gasteiger partial charge on any atom is 0.336 e. The van der Waals surface area contributed by atoms with E-state index in [1.165, 1.54) is 0 Å². The van der Waals surface area contributed by atoms with E-state index in [0.29, 0.717) is 17.2 Å². The standard InChI is InChI=1S/C22H26N2O3/c1-22(2,3)21(27)24-12-11-15(14-24)13-16-7-6-10-19(23-16)17-8-4-5-9-18(17)20(25)26/h4-10,15H,11-14H2,1-3H3,(H,25,26)/t15-/m0/s1. The fraction of sp³-hybridized carbons (Fsp3) is 0.409. The van der Waals surface area contributed by atoms with Crippen LogP contribution in [0.25, 0.3) is 11.3 Å². The van der Waals surface area contributed by atoms with Crippen molar-refractivity contribution in [1.29, 1.82) is 0 Å².